The Balaban J connectivity index is 1.51. The van der Waals surface area contributed by atoms with Gasteiger partial charge in [-0.3, -0.25) is 9.59 Å². The van der Waals surface area contributed by atoms with Gasteiger partial charge < -0.3 is 20.4 Å². The van der Waals surface area contributed by atoms with Crippen LogP contribution in [-0.4, -0.2) is 28.4 Å². The average molecular weight is 446 g/mol. The van der Waals surface area contributed by atoms with Crippen LogP contribution in [0.3, 0.4) is 0 Å². The van der Waals surface area contributed by atoms with Crippen molar-refractivity contribution in [1.82, 2.24) is 9.88 Å². The zero-order chi connectivity index (χ0) is 23.4. The Hall–Kier alpha value is -3.87. The van der Waals surface area contributed by atoms with Crippen molar-refractivity contribution in [3.8, 4) is 11.1 Å². The van der Waals surface area contributed by atoms with Crippen LogP contribution in [-0.2, 0) is 15.1 Å². The third-order valence-corrected chi connectivity index (χ3v) is 6.33. The maximum absolute atomic E-state index is 13.1. The van der Waals surface area contributed by atoms with Crippen molar-refractivity contribution < 1.29 is 14.3 Å². The maximum atomic E-state index is 13.1. The van der Waals surface area contributed by atoms with Gasteiger partial charge in [-0.2, -0.15) is 0 Å². The minimum Gasteiger partial charge on any atom is -0.438 e. The van der Waals surface area contributed by atoms with Gasteiger partial charge in [-0.25, -0.2) is 4.79 Å². The summed E-state index contributed by atoms with van der Waals surface area (Å²) in [5.74, 6) is -0.417. The first kappa shape index (κ1) is 22.3. The number of aromatic amines is 1. The van der Waals surface area contributed by atoms with Crippen molar-refractivity contribution in [1.29, 1.82) is 0 Å². The van der Waals surface area contributed by atoms with Crippen LogP contribution in [0, 0.1) is 0 Å². The maximum Gasteiger partial charge on any atom is 0.411 e. The average Bonchev–Trinajstić information content (AvgIpc) is 2.83. The number of ether oxygens (including phenoxy) is 1. The molecule has 170 valence electrons. The van der Waals surface area contributed by atoms with Crippen LogP contribution in [0.15, 0.2) is 77.7 Å². The van der Waals surface area contributed by atoms with E-state index in [1.165, 1.54) is 6.07 Å². The molecular formula is C26H27N3O4. The molecule has 1 aliphatic rings. The van der Waals surface area contributed by atoms with Gasteiger partial charge in [0.15, 0.2) is 0 Å². The first-order valence-corrected chi connectivity index (χ1v) is 11.0. The standard InChI is InChI=1S/C26H27N3O4/c1-18(19-7-9-20(10-8-19)21-11-12-24(31)28-17-21)29-16-15-26(33-25(29)32,14-13-23(27)30)22-5-3-2-4-6-22/h2-12,17-18H,13-16H2,1H3,(H2,27,30)(H,28,31)/t18-,26?/m0/s1. The molecule has 0 bridgehead atoms. The minimum atomic E-state index is -0.863. The van der Waals surface area contributed by atoms with E-state index in [-0.39, 0.29) is 18.0 Å². The molecule has 4 rings (SSSR count). The molecule has 7 heteroatoms. The highest BCUT2D eigenvalue weighted by Crippen LogP contribution is 2.40. The fourth-order valence-electron chi connectivity index (χ4n) is 4.34. The predicted octanol–water partition coefficient (Wildman–Crippen LogP) is 4.11. The molecule has 0 spiro atoms. The molecular weight excluding hydrogens is 418 g/mol. The van der Waals surface area contributed by atoms with Crippen molar-refractivity contribution in [2.45, 2.75) is 37.8 Å². The molecule has 7 nitrogen and oxygen atoms in total. The molecule has 0 aliphatic carbocycles. The number of nitrogens with two attached hydrogens (primary N) is 1. The van der Waals surface area contributed by atoms with Gasteiger partial charge in [0, 0.05) is 38.1 Å². The van der Waals surface area contributed by atoms with Gasteiger partial charge in [0.25, 0.3) is 0 Å². The number of benzene rings is 2. The molecule has 1 fully saturated rings. The number of amides is 2. The van der Waals surface area contributed by atoms with Gasteiger partial charge in [0.1, 0.15) is 5.60 Å². The molecule has 2 atom stereocenters. The largest absolute Gasteiger partial charge is 0.438 e. The summed E-state index contributed by atoms with van der Waals surface area (Å²) in [5.41, 5.74) is 8.11. The molecule has 2 amide bonds. The monoisotopic (exact) mass is 445 g/mol. The first-order valence-electron chi connectivity index (χ1n) is 11.0. The Labute approximate surface area is 192 Å². The minimum absolute atomic E-state index is 0.143. The number of H-pyrrole nitrogens is 1. The number of pyridine rings is 1. The number of hydrogen-bond donors (Lipinski definition) is 2. The smallest absolute Gasteiger partial charge is 0.411 e. The van der Waals surface area contributed by atoms with E-state index >= 15 is 0 Å². The summed E-state index contributed by atoms with van der Waals surface area (Å²) in [6, 6.07) is 20.5. The summed E-state index contributed by atoms with van der Waals surface area (Å²) >= 11 is 0. The molecule has 3 N–H and O–H groups in total. The van der Waals surface area contributed by atoms with Crippen LogP contribution in [0.2, 0.25) is 0 Å². The first-order chi connectivity index (χ1) is 15.9. The lowest BCUT2D eigenvalue weighted by Crippen LogP contribution is -2.49. The van der Waals surface area contributed by atoms with Crippen molar-refractivity contribution in [2.24, 2.45) is 5.73 Å². The van der Waals surface area contributed by atoms with Crippen LogP contribution < -0.4 is 11.3 Å². The van der Waals surface area contributed by atoms with Crippen LogP contribution in [0.4, 0.5) is 4.79 Å². The highest BCUT2D eigenvalue weighted by Gasteiger charge is 2.43. The second-order valence-electron chi connectivity index (χ2n) is 8.38. The number of nitrogens with one attached hydrogen (secondary N) is 1. The predicted molar refractivity (Wildman–Crippen MR) is 125 cm³/mol. The second-order valence-corrected chi connectivity index (χ2v) is 8.38. The fraction of sp³-hybridized carbons (Fsp3) is 0.269. The third-order valence-electron chi connectivity index (χ3n) is 6.33. The van der Waals surface area contributed by atoms with E-state index in [0.29, 0.717) is 19.4 Å². The van der Waals surface area contributed by atoms with Crippen molar-refractivity contribution in [3.63, 3.8) is 0 Å². The van der Waals surface area contributed by atoms with Gasteiger partial charge in [-0.1, -0.05) is 54.6 Å². The van der Waals surface area contributed by atoms with E-state index in [0.717, 1.165) is 22.3 Å². The molecule has 1 saturated heterocycles. The van der Waals surface area contributed by atoms with Gasteiger partial charge in [0.05, 0.1) is 6.04 Å². The van der Waals surface area contributed by atoms with E-state index in [2.05, 4.69) is 4.98 Å². The Kier molecular flexibility index (Phi) is 6.31. The lowest BCUT2D eigenvalue weighted by Gasteiger charge is -2.43. The Morgan fingerprint density at radius 3 is 2.36 bits per heavy atom. The van der Waals surface area contributed by atoms with Gasteiger partial charge in [-0.05, 0) is 35.2 Å². The third kappa shape index (κ3) is 4.82. The lowest BCUT2D eigenvalue weighted by atomic mass is 9.84. The summed E-state index contributed by atoms with van der Waals surface area (Å²) in [7, 11) is 0. The van der Waals surface area contributed by atoms with E-state index in [1.54, 1.807) is 17.2 Å². The SMILES string of the molecule is C[C@@H](c1ccc(-c2ccc(=O)[nH]c2)cc1)N1CCC(CCC(N)=O)(c2ccccc2)OC1=O. The van der Waals surface area contributed by atoms with Crippen LogP contribution in [0.1, 0.15) is 43.4 Å². The fourth-order valence-corrected chi connectivity index (χ4v) is 4.34. The molecule has 0 saturated carbocycles. The molecule has 1 aliphatic heterocycles. The molecule has 1 unspecified atom stereocenters. The zero-order valence-electron chi connectivity index (χ0n) is 18.5. The van der Waals surface area contributed by atoms with Crippen LogP contribution >= 0.6 is 0 Å². The summed E-state index contributed by atoms with van der Waals surface area (Å²) in [5, 5.41) is 0. The quantitative estimate of drug-likeness (QED) is 0.571. The van der Waals surface area contributed by atoms with Gasteiger partial charge in [0.2, 0.25) is 11.5 Å². The highest BCUT2D eigenvalue weighted by molar-refractivity contribution is 5.74. The summed E-state index contributed by atoms with van der Waals surface area (Å²) < 4.78 is 6.02. The van der Waals surface area contributed by atoms with Crippen molar-refractivity contribution >= 4 is 12.0 Å². The number of carbonyl (C=O) groups is 2. The highest BCUT2D eigenvalue weighted by atomic mass is 16.6. The van der Waals surface area contributed by atoms with E-state index in [4.69, 9.17) is 10.5 Å². The van der Waals surface area contributed by atoms with Crippen LogP contribution in [0.5, 0.6) is 0 Å². The number of rotatable bonds is 7. The number of carbonyl (C=O) groups excluding carboxylic acids is 2. The number of aromatic nitrogens is 1. The summed E-state index contributed by atoms with van der Waals surface area (Å²) in [6.45, 7) is 2.46. The van der Waals surface area contributed by atoms with Crippen LogP contribution in [0.25, 0.3) is 11.1 Å². The number of cyclic esters (lactones) is 1. The van der Waals surface area contributed by atoms with Gasteiger partial charge >= 0.3 is 6.09 Å². The molecule has 0 radical (unpaired) electrons. The van der Waals surface area contributed by atoms with Crippen molar-refractivity contribution in [2.75, 3.05) is 6.54 Å². The Morgan fingerprint density at radius 2 is 1.76 bits per heavy atom. The normalized spacial score (nSPS) is 19.1. The number of primary amides is 1. The van der Waals surface area contributed by atoms with E-state index in [1.807, 2.05) is 61.5 Å². The van der Waals surface area contributed by atoms with Crippen molar-refractivity contribution in [3.05, 3.63) is 94.4 Å². The molecule has 3 aromatic rings. The molecule has 2 aromatic carbocycles. The molecule has 2 heterocycles. The number of nitrogens with zero attached hydrogens (tertiary/aromatic N) is 1. The van der Waals surface area contributed by atoms with E-state index < -0.39 is 17.6 Å². The Morgan fingerprint density at radius 1 is 1.06 bits per heavy atom. The number of hydrogen-bond acceptors (Lipinski definition) is 4. The molecule has 33 heavy (non-hydrogen) atoms. The topological polar surface area (TPSA) is 105 Å². The molecule has 1 aromatic heterocycles. The summed E-state index contributed by atoms with van der Waals surface area (Å²) in [6.07, 6.45) is 2.33. The zero-order valence-corrected chi connectivity index (χ0v) is 18.5. The van der Waals surface area contributed by atoms with E-state index in [9.17, 15) is 14.4 Å². The summed E-state index contributed by atoms with van der Waals surface area (Å²) in [4.78, 5) is 40.2. The lowest BCUT2D eigenvalue weighted by molar-refractivity contribution is -0.121. The van der Waals surface area contributed by atoms with Gasteiger partial charge in [-0.15, -0.1) is 0 Å². The Bertz CT molecular complexity index is 1170. The second kappa shape index (κ2) is 9.32.